The molecule has 2 N–H and O–H groups in total. The SMILES string of the molecule is COC(=O)[C@H](C[C@@H]1CCCCC1=O)NC(=O)[C@@H]1C[C@@](OC)(C(F)(F)F)CN1. The maximum atomic E-state index is 13.2. The smallest absolute Gasteiger partial charge is 0.418 e. The molecular formula is C17H25F3N2O5. The van der Waals surface area contributed by atoms with Crippen molar-refractivity contribution < 1.29 is 37.0 Å². The van der Waals surface area contributed by atoms with Crippen molar-refractivity contribution in [2.45, 2.75) is 62.4 Å². The van der Waals surface area contributed by atoms with Gasteiger partial charge >= 0.3 is 12.1 Å². The normalized spacial score (nSPS) is 30.0. The molecule has 0 aromatic carbocycles. The van der Waals surface area contributed by atoms with E-state index in [-0.39, 0.29) is 18.1 Å². The van der Waals surface area contributed by atoms with Gasteiger partial charge in [0, 0.05) is 32.4 Å². The zero-order valence-corrected chi connectivity index (χ0v) is 15.4. The predicted octanol–water partition coefficient (Wildman–Crippen LogP) is 1.10. The summed E-state index contributed by atoms with van der Waals surface area (Å²) in [5, 5.41) is 4.94. The molecule has 7 nitrogen and oxygen atoms in total. The van der Waals surface area contributed by atoms with E-state index in [1.54, 1.807) is 0 Å². The van der Waals surface area contributed by atoms with Gasteiger partial charge in [-0.25, -0.2) is 4.79 Å². The van der Waals surface area contributed by atoms with Crippen LogP contribution in [0, 0.1) is 5.92 Å². The van der Waals surface area contributed by atoms with Crippen molar-refractivity contribution in [1.82, 2.24) is 10.6 Å². The van der Waals surface area contributed by atoms with E-state index in [1.165, 1.54) is 0 Å². The van der Waals surface area contributed by atoms with Crippen LogP contribution in [0.4, 0.5) is 13.2 Å². The predicted molar refractivity (Wildman–Crippen MR) is 87.7 cm³/mol. The standard InChI is InChI=1S/C17H25F3N2O5/c1-26-15(25)11(7-10-5-3-4-6-13(10)23)22-14(24)12-8-16(27-2,9-21-12)17(18,19)20/h10-12,21H,3-9H2,1-2H3,(H,22,24)/t10-,11-,12-,16-/m0/s1. The number of alkyl halides is 3. The molecule has 1 aliphatic heterocycles. The van der Waals surface area contributed by atoms with Crippen molar-refractivity contribution in [2.24, 2.45) is 5.92 Å². The largest absolute Gasteiger partial charge is 0.467 e. The Kier molecular flexibility index (Phi) is 6.85. The van der Waals surface area contributed by atoms with Gasteiger partial charge in [-0.2, -0.15) is 13.2 Å². The molecule has 0 bridgehead atoms. The van der Waals surface area contributed by atoms with Crippen molar-refractivity contribution in [2.75, 3.05) is 20.8 Å². The molecule has 2 fully saturated rings. The summed E-state index contributed by atoms with van der Waals surface area (Å²) in [5.74, 6) is -1.82. The Morgan fingerprint density at radius 2 is 2.04 bits per heavy atom. The van der Waals surface area contributed by atoms with E-state index in [0.29, 0.717) is 12.8 Å². The average molecular weight is 394 g/mol. The van der Waals surface area contributed by atoms with Crippen LogP contribution in [0.5, 0.6) is 0 Å². The van der Waals surface area contributed by atoms with Crippen LogP contribution >= 0.6 is 0 Å². The lowest BCUT2D eigenvalue weighted by atomic mass is 9.83. The van der Waals surface area contributed by atoms with Crippen LogP contribution in [-0.2, 0) is 23.9 Å². The summed E-state index contributed by atoms with van der Waals surface area (Å²) in [6.07, 6.45) is -2.46. The highest BCUT2D eigenvalue weighted by atomic mass is 19.4. The van der Waals surface area contributed by atoms with E-state index in [4.69, 9.17) is 0 Å². The van der Waals surface area contributed by atoms with Crippen LogP contribution in [0.1, 0.15) is 38.5 Å². The molecule has 0 aromatic rings. The second-order valence-corrected chi connectivity index (χ2v) is 7.06. The molecule has 2 rings (SSSR count). The molecule has 1 saturated heterocycles. The Hall–Kier alpha value is -1.68. The van der Waals surface area contributed by atoms with Crippen LogP contribution in [0.25, 0.3) is 0 Å². The summed E-state index contributed by atoms with van der Waals surface area (Å²) in [5.41, 5.74) is -2.45. The lowest BCUT2D eigenvalue weighted by molar-refractivity contribution is -0.261. The van der Waals surface area contributed by atoms with Gasteiger partial charge in [-0.3, -0.25) is 9.59 Å². The number of rotatable bonds is 6. The molecule has 27 heavy (non-hydrogen) atoms. The molecule has 0 spiro atoms. The van der Waals surface area contributed by atoms with Crippen LogP contribution in [0.15, 0.2) is 0 Å². The maximum Gasteiger partial charge on any atom is 0.418 e. The number of hydrogen-bond donors (Lipinski definition) is 2. The lowest BCUT2D eigenvalue weighted by Gasteiger charge is -2.29. The summed E-state index contributed by atoms with van der Waals surface area (Å²) in [6, 6.07) is -2.25. The van der Waals surface area contributed by atoms with Crippen molar-refractivity contribution in [3.8, 4) is 0 Å². The minimum Gasteiger partial charge on any atom is -0.467 e. The van der Waals surface area contributed by atoms with Gasteiger partial charge in [0.1, 0.15) is 11.8 Å². The van der Waals surface area contributed by atoms with E-state index in [2.05, 4.69) is 20.1 Å². The number of halogens is 3. The van der Waals surface area contributed by atoms with Gasteiger partial charge < -0.3 is 20.1 Å². The quantitative estimate of drug-likeness (QED) is 0.656. The van der Waals surface area contributed by atoms with Crippen molar-refractivity contribution in [3.63, 3.8) is 0 Å². The van der Waals surface area contributed by atoms with E-state index in [1.807, 2.05) is 0 Å². The van der Waals surface area contributed by atoms with E-state index in [0.717, 1.165) is 27.1 Å². The highest BCUT2D eigenvalue weighted by Gasteiger charge is 2.60. The first kappa shape index (κ1) is 21.6. The third kappa shape index (κ3) is 4.78. The minimum absolute atomic E-state index is 0.0267. The first-order valence-corrected chi connectivity index (χ1v) is 8.89. The summed E-state index contributed by atoms with van der Waals surface area (Å²) in [7, 11) is 2.10. The Labute approximate surface area is 155 Å². The summed E-state index contributed by atoms with van der Waals surface area (Å²) < 4.78 is 49.1. The third-order valence-electron chi connectivity index (χ3n) is 5.40. The fourth-order valence-corrected chi connectivity index (χ4v) is 3.65. The fraction of sp³-hybridized carbons (Fsp3) is 0.824. The lowest BCUT2D eigenvalue weighted by Crippen LogP contribution is -2.50. The van der Waals surface area contributed by atoms with Gasteiger partial charge in [0.15, 0.2) is 5.60 Å². The second kappa shape index (κ2) is 8.55. The first-order chi connectivity index (χ1) is 12.6. The zero-order valence-electron chi connectivity index (χ0n) is 15.4. The third-order valence-corrected chi connectivity index (χ3v) is 5.40. The molecule has 1 heterocycles. The summed E-state index contributed by atoms with van der Waals surface area (Å²) in [6.45, 7) is -0.560. The topological polar surface area (TPSA) is 93.7 Å². The number of Topliss-reactive ketones (excluding diaryl/α,β-unsaturated/α-hetero) is 1. The van der Waals surface area contributed by atoms with Crippen LogP contribution in [-0.4, -0.2) is 62.3 Å². The number of methoxy groups -OCH3 is 2. The van der Waals surface area contributed by atoms with E-state index in [9.17, 15) is 27.6 Å². The molecular weight excluding hydrogens is 369 g/mol. The molecule has 0 aromatic heterocycles. The molecule has 1 saturated carbocycles. The van der Waals surface area contributed by atoms with Crippen LogP contribution in [0.2, 0.25) is 0 Å². The molecule has 10 heteroatoms. The number of nitrogens with one attached hydrogen (secondary N) is 2. The second-order valence-electron chi connectivity index (χ2n) is 7.06. The fourth-order valence-electron chi connectivity index (χ4n) is 3.65. The molecule has 154 valence electrons. The Balaban J connectivity index is 2.03. The van der Waals surface area contributed by atoms with Gasteiger partial charge in [-0.15, -0.1) is 0 Å². The monoisotopic (exact) mass is 394 g/mol. The van der Waals surface area contributed by atoms with Gasteiger partial charge in [0.05, 0.1) is 13.2 Å². The minimum atomic E-state index is -4.64. The highest BCUT2D eigenvalue weighted by molar-refractivity contribution is 5.89. The van der Waals surface area contributed by atoms with E-state index < -0.39 is 48.7 Å². The highest BCUT2D eigenvalue weighted by Crippen LogP contribution is 2.39. The Morgan fingerprint density at radius 1 is 1.33 bits per heavy atom. The first-order valence-electron chi connectivity index (χ1n) is 8.89. The molecule has 0 radical (unpaired) electrons. The van der Waals surface area contributed by atoms with Crippen molar-refractivity contribution in [1.29, 1.82) is 0 Å². The molecule has 1 amide bonds. The summed E-state index contributed by atoms with van der Waals surface area (Å²) in [4.78, 5) is 36.5. The van der Waals surface area contributed by atoms with E-state index >= 15 is 0 Å². The van der Waals surface area contributed by atoms with Gasteiger partial charge in [0.25, 0.3) is 0 Å². The number of ether oxygens (including phenoxy) is 2. The molecule has 1 aliphatic carbocycles. The number of ketones is 1. The van der Waals surface area contributed by atoms with Crippen LogP contribution < -0.4 is 10.6 Å². The van der Waals surface area contributed by atoms with Gasteiger partial charge in [-0.05, 0) is 19.3 Å². The zero-order chi connectivity index (χ0) is 20.2. The number of carbonyl (C=O) groups excluding carboxylic acids is 3. The molecule has 4 atom stereocenters. The van der Waals surface area contributed by atoms with Gasteiger partial charge in [0.2, 0.25) is 5.91 Å². The summed E-state index contributed by atoms with van der Waals surface area (Å²) >= 11 is 0. The van der Waals surface area contributed by atoms with Gasteiger partial charge in [-0.1, -0.05) is 6.42 Å². The molecule has 0 unspecified atom stereocenters. The number of esters is 1. The molecule has 2 aliphatic rings. The van der Waals surface area contributed by atoms with Crippen LogP contribution in [0.3, 0.4) is 0 Å². The van der Waals surface area contributed by atoms with Crippen molar-refractivity contribution >= 4 is 17.7 Å². The van der Waals surface area contributed by atoms with Crippen molar-refractivity contribution in [3.05, 3.63) is 0 Å². The average Bonchev–Trinajstić information content (AvgIpc) is 3.08. The maximum absolute atomic E-state index is 13.2. The number of hydrogen-bond acceptors (Lipinski definition) is 6. The number of carbonyl (C=O) groups is 3. The number of amides is 1. The Morgan fingerprint density at radius 3 is 2.56 bits per heavy atom. The Bertz CT molecular complexity index is 583.